The van der Waals surface area contributed by atoms with E-state index in [1.54, 1.807) is 29.2 Å². The first-order chi connectivity index (χ1) is 17.3. The summed E-state index contributed by atoms with van der Waals surface area (Å²) in [6.45, 7) is 1.18. The fourth-order valence-corrected chi connectivity index (χ4v) is 5.17. The number of rotatable bonds is 6. The van der Waals surface area contributed by atoms with Gasteiger partial charge in [0.05, 0.1) is 19.2 Å². The molecule has 3 fully saturated rings. The molecular weight excluding hydrogens is 468 g/mol. The largest absolute Gasteiger partial charge is 0.338 e. The molecule has 36 heavy (non-hydrogen) atoms. The predicted molar refractivity (Wildman–Crippen MR) is 126 cm³/mol. The van der Waals surface area contributed by atoms with Crippen LogP contribution < -0.4 is 10.6 Å². The molecule has 1 aliphatic carbocycles. The fraction of sp³-hybridized carbons (Fsp3) is 0.385. The lowest BCUT2D eigenvalue weighted by Crippen LogP contribution is -2.43. The number of nitrogens with one attached hydrogen (secondary N) is 2. The van der Waals surface area contributed by atoms with Crippen molar-refractivity contribution in [2.24, 2.45) is 11.8 Å². The summed E-state index contributed by atoms with van der Waals surface area (Å²) in [5, 5.41) is 15.0. The van der Waals surface area contributed by atoms with Gasteiger partial charge in [-0.15, -0.1) is 0 Å². The standard InChI is InChI=1S/C26H25F2N5O3/c27-17-5-1-15(2-6-17)25(35)31-19-7-3-16(4-8-19)26(36)32-13-21-22(14-32)24(21)30-11-23(34)33-12-18(28)9-20(33)10-29/h1-8,18,20-22,24,30H,9,11-14H2,(H,31,35). The summed E-state index contributed by atoms with van der Waals surface area (Å²) in [5.41, 5.74) is 1.36. The zero-order chi connectivity index (χ0) is 25.4. The molecule has 2 heterocycles. The number of nitrogens with zero attached hydrogens (tertiary/aromatic N) is 3. The van der Waals surface area contributed by atoms with Crippen molar-refractivity contribution in [3.63, 3.8) is 0 Å². The molecule has 2 aliphatic heterocycles. The van der Waals surface area contributed by atoms with E-state index < -0.39 is 18.0 Å². The van der Waals surface area contributed by atoms with Crippen molar-refractivity contribution in [3.05, 3.63) is 65.5 Å². The topological polar surface area (TPSA) is 106 Å². The van der Waals surface area contributed by atoms with Crippen molar-refractivity contribution in [2.75, 3.05) is 31.5 Å². The lowest BCUT2D eigenvalue weighted by molar-refractivity contribution is -0.130. The van der Waals surface area contributed by atoms with E-state index in [-0.39, 0.29) is 55.1 Å². The monoisotopic (exact) mass is 493 g/mol. The molecular formula is C26H25F2N5O3. The van der Waals surface area contributed by atoms with E-state index >= 15 is 0 Å². The summed E-state index contributed by atoms with van der Waals surface area (Å²) >= 11 is 0. The summed E-state index contributed by atoms with van der Waals surface area (Å²) in [7, 11) is 0. The first-order valence-electron chi connectivity index (χ1n) is 11.9. The summed E-state index contributed by atoms with van der Waals surface area (Å²) in [6.07, 6.45) is -1.09. The average Bonchev–Trinajstić information content (AvgIpc) is 3.18. The maximum absolute atomic E-state index is 13.6. The Labute approximate surface area is 206 Å². The van der Waals surface area contributed by atoms with Crippen molar-refractivity contribution in [3.8, 4) is 6.07 Å². The Hall–Kier alpha value is -3.84. The number of anilines is 1. The number of alkyl halides is 1. The van der Waals surface area contributed by atoms with Crippen LogP contribution in [0.2, 0.25) is 0 Å². The zero-order valence-electron chi connectivity index (χ0n) is 19.4. The number of halogens is 2. The Kier molecular flexibility index (Phi) is 6.41. The molecule has 1 saturated carbocycles. The summed E-state index contributed by atoms with van der Waals surface area (Å²) in [5.74, 6) is -0.645. The Morgan fingerprint density at radius 3 is 2.25 bits per heavy atom. The van der Waals surface area contributed by atoms with E-state index in [4.69, 9.17) is 5.26 Å². The first-order valence-corrected chi connectivity index (χ1v) is 11.9. The minimum absolute atomic E-state index is 0.0345. The molecule has 8 nitrogen and oxygen atoms in total. The van der Waals surface area contributed by atoms with Gasteiger partial charge >= 0.3 is 0 Å². The third-order valence-electron chi connectivity index (χ3n) is 7.19. The first kappa shape index (κ1) is 23.9. The van der Waals surface area contributed by atoms with Crippen LogP contribution in [-0.4, -0.2) is 72.0 Å². The number of hydrogen-bond acceptors (Lipinski definition) is 5. The van der Waals surface area contributed by atoms with E-state index in [0.29, 0.717) is 29.9 Å². The highest BCUT2D eigenvalue weighted by Gasteiger charge is 2.56. The Bertz CT molecular complexity index is 1200. The smallest absolute Gasteiger partial charge is 0.255 e. The maximum atomic E-state index is 13.6. The number of fused-ring (bicyclic) bond motifs is 1. The number of piperidine rings is 1. The number of amides is 3. The zero-order valence-corrected chi connectivity index (χ0v) is 19.4. The summed E-state index contributed by atoms with van der Waals surface area (Å²) in [6, 6.07) is 13.2. The number of hydrogen-bond donors (Lipinski definition) is 2. The molecule has 0 spiro atoms. The number of carbonyl (C=O) groups excluding carboxylic acids is 3. The average molecular weight is 494 g/mol. The van der Waals surface area contributed by atoms with Crippen molar-refractivity contribution in [1.82, 2.24) is 15.1 Å². The lowest BCUT2D eigenvalue weighted by atomic mass is 10.1. The molecule has 4 unspecified atom stereocenters. The van der Waals surface area contributed by atoms with Crippen LogP contribution in [0.5, 0.6) is 0 Å². The normalized spacial score (nSPS) is 26.3. The molecule has 2 aromatic carbocycles. The van der Waals surface area contributed by atoms with Crippen LogP contribution in [0.15, 0.2) is 48.5 Å². The molecule has 0 aromatic heterocycles. The number of nitriles is 1. The van der Waals surface area contributed by atoms with Gasteiger partial charge in [-0.3, -0.25) is 14.4 Å². The highest BCUT2D eigenvalue weighted by atomic mass is 19.1. The van der Waals surface area contributed by atoms with Crippen molar-refractivity contribution in [2.45, 2.75) is 24.7 Å². The maximum Gasteiger partial charge on any atom is 0.255 e. The second kappa shape index (κ2) is 9.66. The van der Waals surface area contributed by atoms with Gasteiger partial charge in [0, 0.05) is 42.4 Å². The van der Waals surface area contributed by atoms with Crippen LogP contribution >= 0.6 is 0 Å². The van der Waals surface area contributed by atoms with Crippen molar-refractivity contribution < 1.29 is 23.2 Å². The van der Waals surface area contributed by atoms with Gasteiger partial charge in [0.15, 0.2) is 0 Å². The minimum atomic E-state index is -1.15. The van der Waals surface area contributed by atoms with Crippen LogP contribution in [-0.2, 0) is 4.79 Å². The van der Waals surface area contributed by atoms with Gasteiger partial charge in [-0.1, -0.05) is 0 Å². The molecule has 2 aromatic rings. The number of likely N-dealkylation sites (tertiary alicyclic amines) is 2. The quantitative estimate of drug-likeness (QED) is 0.642. The highest BCUT2D eigenvalue weighted by molar-refractivity contribution is 6.04. The Balaban J connectivity index is 1.08. The molecule has 3 amide bonds. The third kappa shape index (κ3) is 4.79. The molecule has 0 bridgehead atoms. The molecule has 5 rings (SSSR count). The van der Waals surface area contributed by atoms with Gasteiger partial charge in [-0.2, -0.15) is 5.26 Å². The Morgan fingerprint density at radius 2 is 1.61 bits per heavy atom. The van der Waals surface area contributed by atoms with Gasteiger partial charge in [-0.25, -0.2) is 8.78 Å². The number of carbonyl (C=O) groups is 3. The van der Waals surface area contributed by atoms with Gasteiger partial charge in [0.25, 0.3) is 11.8 Å². The van der Waals surface area contributed by atoms with E-state index in [1.807, 2.05) is 6.07 Å². The molecule has 2 N–H and O–H groups in total. The fourth-order valence-electron chi connectivity index (χ4n) is 5.17. The van der Waals surface area contributed by atoms with E-state index in [9.17, 15) is 23.2 Å². The highest BCUT2D eigenvalue weighted by Crippen LogP contribution is 2.45. The van der Waals surface area contributed by atoms with Gasteiger partial charge in [-0.05, 0) is 60.4 Å². The molecule has 4 atom stereocenters. The molecule has 3 aliphatic rings. The van der Waals surface area contributed by atoms with E-state index in [2.05, 4.69) is 10.6 Å². The van der Waals surface area contributed by atoms with Crippen LogP contribution in [0.25, 0.3) is 0 Å². The predicted octanol–water partition coefficient (Wildman–Crippen LogP) is 2.20. The Morgan fingerprint density at radius 1 is 0.972 bits per heavy atom. The van der Waals surface area contributed by atoms with E-state index in [1.165, 1.54) is 29.2 Å². The third-order valence-corrected chi connectivity index (χ3v) is 7.19. The van der Waals surface area contributed by atoms with Crippen molar-refractivity contribution in [1.29, 1.82) is 5.26 Å². The van der Waals surface area contributed by atoms with Crippen LogP contribution in [0, 0.1) is 29.0 Å². The molecule has 10 heteroatoms. The van der Waals surface area contributed by atoms with Crippen LogP contribution in [0.3, 0.4) is 0 Å². The molecule has 2 saturated heterocycles. The lowest BCUT2D eigenvalue weighted by Gasteiger charge is -2.22. The summed E-state index contributed by atoms with van der Waals surface area (Å²) in [4.78, 5) is 40.7. The van der Waals surface area contributed by atoms with Crippen LogP contribution in [0.1, 0.15) is 27.1 Å². The van der Waals surface area contributed by atoms with Gasteiger partial charge < -0.3 is 20.4 Å². The minimum Gasteiger partial charge on any atom is -0.338 e. The van der Waals surface area contributed by atoms with Crippen molar-refractivity contribution >= 4 is 23.4 Å². The SMILES string of the molecule is N#CC1CC(F)CN1C(=O)CNC1C2CN(C(=O)c3ccc(NC(=O)c4ccc(F)cc4)cc3)CC21. The molecule has 186 valence electrons. The number of benzene rings is 2. The van der Waals surface area contributed by atoms with Crippen LogP contribution in [0.4, 0.5) is 14.5 Å². The second-order valence-corrected chi connectivity index (χ2v) is 9.51. The molecule has 0 radical (unpaired) electrons. The second-order valence-electron chi connectivity index (χ2n) is 9.51. The van der Waals surface area contributed by atoms with Gasteiger partial charge in [0.1, 0.15) is 18.0 Å². The van der Waals surface area contributed by atoms with Gasteiger partial charge in [0.2, 0.25) is 5.91 Å². The summed E-state index contributed by atoms with van der Waals surface area (Å²) < 4.78 is 26.6. The van der Waals surface area contributed by atoms with E-state index in [0.717, 1.165) is 0 Å².